The number of rotatable bonds is 4. The van der Waals surface area contributed by atoms with E-state index in [9.17, 15) is 9.59 Å². The molecule has 1 unspecified atom stereocenters. The van der Waals surface area contributed by atoms with Crippen molar-refractivity contribution in [1.82, 2.24) is 20.2 Å². The normalized spacial score (nSPS) is 18.9. The van der Waals surface area contributed by atoms with Crippen molar-refractivity contribution in [3.05, 3.63) is 27.1 Å². The van der Waals surface area contributed by atoms with Gasteiger partial charge in [0.2, 0.25) is 0 Å². The molecule has 0 bridgehead atoms. The summed E-state index contributed by atoms with van der Waals surface area (Å²) in [6.45, 7) is 6.73. The fraction of sp³-hybridized carbons (Fsp3) is 0.533. The fourth-order valence-electron chi connectivity index (χ4n) is 3.13. The Hall–Kier alpha value is -1.73. The minimum Gasteiger partial charge on any atom is -0.350 e. The van der Waals surface area contributed by atoms with Crippen molar-refractivity contribution >= 4 is 27.5 Å². The number of carbonyl (C=O) groups is 1. The lowest BCUT2D eigenvalue weighted by molar-refractivity contribution is 0.0945. The van der Waals surface area contributed by atoms with Crippen LogP contribution in [0, 0.1) is 6.92 Å². The van der Waals surface area contributed by atoms with Gasteiger partial charge in [-0.1, -0.05) is 6.92 Å². The molecule has 3 rings (SSSR count). The monoisotopic (exact) mass is 320 g/mol. The predicted octanol–water partition coefficient (Wildman–Crippen LogP) is 1.51. The Labute approximate surface area is 132 Å². The number of thiophene rings is 1. The molecule has 1 aliphatic rings. The Bertz CT molecular complexity index is 752. The second-order valence-electron chi connectivity index (χ2n) is 5.60. The number of carbonyl (C=O) groups excluding carboxylic acids is 1. The molecule has 1 aliphatic heterocycles. The molecule has 2 aromatic rings. The summed E-state index contributed by atoms with van der Waals surface area (Å²) in [5.74, 6) is -0.108. The number of likely N-dealkylation sites (tertiary alicyclic amines) is 1. The maximum absolute atomic E-state index is 12.4. The highest BCUT2D eigenvalue weighted by atomic mass is 32.1. The first-order chi connectivity index (χ1) is 10.6. The van der Waals surface area contributed by atoms with Crippen LogP contribution < -0.4 is 10.9 Å². The lowest BCUT2D eigenvalue weighted by Crippen LogP contribution is -2.39. The van der Waals surface area contributed by atoms with E-state index in [4.69, 9.17) is 0 Å². The van der Waals surface area contributed by atoms with E-state index in [1.165, 1.54) is 24.1 Å². The number of H-pyrrole nitrogens is 1. The van der Waals surface area contributed by atoms with Gasteiger partial charge in [-0.2, -0.15) is 0 Å². The van der Waals surface area contributed by atoms with Crippen LogP contribution in [0.15, 0.2) is 11.1 Å². The van der Waals surface area contributed by atoms with Crippen molar-refractivity contribution in [2.75, 3.05) is 19.6 Å². The number of aromatic amines is 1. The van der Waals surface area contributed by atoms with Crippen molar-refractivity contribution in [3.63, 3.8) is 0 Å². The molecule has 0 saturated carbocycles. The maximum atomic E-state index is 12.4. The van der Waals surface area contributed by atoms with E-state index in [0.29, 0.717) is 33.2 Å². The van der Waals surface area contributed by atoms with Gasteiger partial charge < -0.3 is 10.3 Å². The van der Waals surface area contributed by atoms with Crippen molar-refractivity contribution in [1.29, 1.82) is 0 Å². The number of fused-ring (bicyclic) bond motifs is 1. The van der Waals surface area contributed by atoms with Gasteiger partial charge in [0.25, 0.3) is 11.5 Å². The minimum absolute atomic E-state index is 0.108. The Morgan fingerprint density at radius 2 is 2.41 bits per heavy atom. The Morgan fingerprint density at radius 1 is 1.59 bits per heavy atom. The van der Waals surface area contributed by atoms with Gasteiger partial charge in [0.15, 0.2) is 0 Å². The van der Waals surface area contributed by atoms with E-state index in [1.54, 1.807) is 6.92 Å². The van der Waals surface area contributed by atoms with E-state index in [0.717, 1.165) is 19.5 Å². The Balaban J connectivity index is 1.77. The Kier molecular flexibility index (Phi) is 4.26. The minimum atomic E-state index is -0.189. The summed E-state index contributed by atoms with van der Waals surface area (Å²) in [6, 6.07) is 0.421. The molecular weight excluding hydrogens is 300 g/mol. The second kappa shape index (κ2) is 6.18. The topological polar surface area (TPSA) is 78.1 Å². The maximum Gasteiger partial charge on any atom is 0.261 e. The second-order valence-corrected chi connectivity index (χ2v) is 6.60. The highest BCUT2D eigenvalue weighted by Crippen LogP contribution is 2.26. The molecule has 1 saturated heterocycles. The lowest BCUT2D eigenvalue weighted by atomic mass is 10.2. The van der Waals surface area contributed by atoms with E-state index in [1.807, 2.05) is 0 Å². The summed E-state index contributed by atoms with van der Waals surface area (Å²) in [7, 11) is 0. The number of hydrogen-bond acceptors (Lipinski definition) is 5. The molecule has 22 heavy (non-hydrogen) atoms. The van der Waals surface area contributed by atoms with Crippen LogP contribution in [0.2, 0.25) is 0 Å². The van der Waals surface area contributed by atoms with Crippen molar-refractivity contribution in [3.8, 4) is 0 Å². The van der Waals surface area contributed by atoms with Gasteiger partial charge in [-0.25, -0.2) is 4.98 Å². The number of aromatic nitrogens is 2. The molecule has 3 heterocycles. The predicted molar refractivity (Wildman–Crippen MR) is 87.6 cm³/mol. The fourth-order valence-corrected chi connectivity index (χ4v) is 4.19. The molecule has 1 atom stereocenters. The first-order valence-electron chi connectivity index (χ1n) is 7.60. The zero-order chi connectivity index (χ0) is 15.7. The van der Waals surface area contributed by atoms with Crippen LogP contribution in [-0.4, -0.2) is 46.5 Å². The summed E-state index contributed by atoms with van der Waals surface area (Å²) in [6.07, 6.45) is 3.69. The zero-order valence-electron chi connectivity index (χ0n) is 12.8. The van der Waals surface area contributed by atoms with Gasteiger partial charge in [0.05, 0.1) is 16.6 Å². The third-order valence-electron chi connectivity index (χ3n) is 4.34. The van der Waals surface area contributed by atoms with E-state index in [-0.39, 0.29) is 11.5 Å². The Morgan fingerprint density at radius 3 is 3.14 bits per heavy atom. The van der Waals surface area contributed by atoms with Gasteiger partial charge in [0.1, 0.15) is 4.83 Å². The first-order valence-corrected chi connectivity index (χ1v) is 8.42. The zero-order valence-corrected chi connectivity index (χ0v) is 13.6. The molecular formula is C15H20N4O2S. The van der Waals surface area contributed by atoms with Crippen molar-refractivity contribution < 1.29 is 4.79 Å². The summed E-state index contributed by atoms with van der Waals surface area (Å²) in [5.41, 5.74) is 0.524. The van der Waals surface area contributed by atoms with E-state index < -0.39 is 0 Å². The van der Waals surface area contributed by atoms with Crippen LogP contribution in [0.25, 0.3) is 10.2 Å². The molecule has 0 spiro atoms. The molecule has 2 N–H and O–H groups in total. The van der Waals surface area contributed by atoms with Crippen LogP contribution in [-0.2, 0) is 0 Å². The standard InChI is InChI=1S/C15H20N4O2S/c1-3-19-6-4-5-10(19)7-16-14(21)12-9(2)11-13(20)17-8-18-15(11)22-12/h8,10H,3-7H2,1-2H3,(H,16,21)(H,17,18,20). The average Bonchev–Trinajstić information content (AvgIpc) is 3.10. The van der Waals surface area contributed by atoms with Crippen LogP contribution in [0.3, 0.4) is 0 Å². The van der Waals surface area contributed by atoms with Gasteiger partial charge in [-0.05, 0) is 38.4 Å². The highest BCUT2D eigenvalue weighted by molar-refractivity contribution is 7.20. The summed E-state index contributed by atoms with van der Waals surface area (Å²) in [4.78, 5) is 34.6. The molecule has 1 fully saturated rings. The molecule has 0 aliphatic carbocycles. The van der Waals surface area contributed by atoms with Crippen molar-refractivity contribution in [2.24, 2.45) is 0 Å². The molecule has 118 valence electrons. The van der Waals surface area contributed by atoms with Gasteiger partial charge in [-0.15, -0.1) is 11.3 Å². The van der Waals surface area contributed by atoms with Gasteiger partial charge in [0, 0.05) is 12.6 Å². The quantitative estimate of drug-likeness (QED) is 0.895. The van der Waals surface area contributed by atoms with Gasteiger partial charge >= 0.3 is 0 Å². The number of nitrogens with zero attached hydrogens (tertiary/aromatic N) is 2. The molecule has 0 aromatic carbocycles. The number of hydrogen-bond donors (Lipinski definition) is 2. The molecule has 1 amide bonds. The summed E-state index contributed by atoms with van der Waals surface area (Å²) < 4.78 is 0. The van der Waals surface area contributed by atoms with E-state index in [2.05, 4.69) is 27.1 Å². The molecule has 7 heteroatoms. The number of likely N-dealkylation sites (N-methyl/N-ethyl adjacent to an activating group) is 1. The lowest BCUT2D eigenvalue weighted by Gasteiger charge is -2.22. The third kappa shape index (κ3) is 2.66. The van der Waals surface area contributed by atoms with E-state index >= 15 is 0 Å². The highest BCUT2D eigenvalue weighted by Gasteiger charge is 2.24. The molecule has 6 nitrogen and oxygen atoms in total. The van der Waals surface area contributed by atoms with Gasteiger partial charge in [-0.3, -0.25) is 14.5 Å². The summed E-state index contributed by atoms with van der Waals surface area (Å²) in [5, 5.41) is 3.54. The number of amides is 1. The largest absolute Gasteiger partial charge is 0.350 e. The third-order valence-corrected chi connectivity index (χ3v) is 5.54. The SMILES string of the molecule is CCN1CCCC1CNC(=O)c1sc2nc[nH]c(=O)c2c1C. The molecule has 0 radical (unpaired) electrons. The first kappa shape index (κ1) is 15.2. The number of aryl methyl sites for hydroxylation is 1. The smallest absolute Gasteiger partial charge is 0.261 e. The van der Waals surface area contributed by atoms with Crippen LogP contribution >= 0.6 is 11.3 Å². The van der Waals surface area contributed by atoms with Crippen molar-refractivity contribution in [2.45, 2.75) is 32.7 Å². The summed E-state index contributed by atoms with van der Waals surface area (Å²) >= 11 is 1.28. The number of nitrogens with one attached hydrogen (secondary N) is 2. The average molecular weight is 320 g/mol. The van der Waals surface area contributed by atoms with Crippen LogP contribution in [0.4, 0.5) is 0 Å². The molecule has 2 aromatic heterocycles. The van der Waals surface area contributed by atoms with Crippen LogP contribution in [0.1, 0.15) is 35.0 Å². The van der Waals surface area contributed by atoms with Crippen LogP contribution in [0.5, 0.6) is 0 Å².